The van der Waals surface area contributed by atoms with E-state index in [2.05, 4.69) is 5.32 Å². The molecule has 0 aliphatic heterocycles. The minimum Gasteiger partial charge on any atom is -0.465 e. The summed E-state index contributed by atoms with van der Waals surface area (Å²) >= 11 is 0. The third-order valence-electron chi connectivity index (χ3n) is 3.14. The zero-order chi connectivity index (χ0) is 11.9. The molecule has 3 heteroatoms. The summed E-state index contributed by atoms with van der Waals surface area (Å²) in [5.41, 5.74) is 0. The number of rotatable bonds is 3. The Morgan fingerprint density at radius 2 is 2.06 bits per heavy atom. The molecule has 1 heterocycles. The summed E-state index contributed by atoms with van der Waals surface area (Å²) in [6.45, 7) is 0. The van der Waals surface area contributed by atoms with Gasteiger partial charge in [-0.15, -0.1) is 0 Å². The van der Waals surface area contributed by atoms with Crippen molar-refractivity contribution < 1.29 is 9.21 Å². The lowest BCUT2D eigenvalue weighted by atomic mass is 10.1. The molecular weight excluding hydrogens is 214 g/mol. The van der Waals surface area contributed by atoms with E-state index < -0.39 is 0 Å². The van der Waals surface area contributed by atoms with Gasteiger partial charge in [-0.1, -0.05) is 25.7 Å². The zero-order valence-electron chi connectivity index (χ0n) is 10.0. The first-order chi connectivity index (χ1) is 8.34. The summed E-state index contributed by atoms with van der Waals surface area (Å²) in [4.78, 5) is 11.7. The van der Waals surface area contributed by atoms with Crippen molar-refractivity contribution in [1.29, 1.82) is 0 Å². The fraction of sp³-hybridized carbons (Fsp3) is 0.500. The van der Waals surface area contributed by atoms with Crippen molar-refractivity contribution in [2.45, 2.75) is 44.6 Å². The molecule has 2 rings (SSSR count). The predicted molar refractivity (Wildman–Crippen MR) is 67.4 cm³/mol. The molecule has 1 N–H and O–H groups in total. The van der Waals surface area contributed by atoms with Crippen LogP contribution in [-0.4, -0.2) is 11.9 Å². The number of furan rings is 1. The van der Waals surface area contributed by atoms with Gasteiger partial charge in [0.05, 0.1) is 6.26 Å². The van der Waals surface area contributed by atoms with Crippen molar-refractivity contribution in [3.63, 3.8) is 0 Å². The van der Waals surface area contributed by atoms with Crippen molar-refractivity contribution >= 4 is 12.0 Å². The Hall–Kier alpha value is -1.51. The second-order valence-electron chi connectivity index (χ2n) is 4.55. The standard InChI is InChI=1S/C14H19NO2/c16-14(10-9-13-8-5-11-17-13)15-12-6-3-1-2-4-7-12/h5,8-12H,1-4,6-7H2,(H,15,16). The summed E-state index contributed by atoms with van der Waals surface area (Å²) in [5, 5.41) is 3.05. The summed E-state index contributed by atoms with van der Waals surface area (Å²) < 4.78 is 5.13. The van der Waals surface area contributed by atoms with Gasteiger partial charge in [0.2, 0.25) is 5.91 Å². The second kappa shape index (κ2) is 6.28. The topological polar surface area (TPSA) is 42.2 Å². The highest BCUT2D eigenvalue weighted by molar-refractivity contribution is 5.91. The van der Waals surface area contributed by atoms with Crippen LogP contribution in [0.5, 0.6) is 0 Å². The first kappa shape index (κ1) is 12.0. The molecule has 3 nitrogen and oxygen atoms in total. The molecule has 0 radical (unpaired) electrons. The van der Waals surface area contributed by atoms with E-state index in [1.807, 2.05) is 12.1 Å². The van der Waals surface area contributed by atoms with Gasteiger partial charge in [-0.2, -0.15) is 0 Å². The van der Waals surface area contributed by atoms with Crippen molar-refractivity contribution in [2.24, 2.45) is 0 Å². The Kier molecular flexibility index (Phi) is 4.42. The van der Waals surface area contributed by atoms with Crippen molar-refractivity contribution in [3.8, 4) is 0 Å². The molecule has 1 saturated carbocycles. The maximum Gasteiger partial charge on any atom is 0.244 e. The Labute approximate surface area is 102 Å². The van der Waals surface area contributed by atoms with E-state index in [-0.39, 0.29) is 5.91 Å². The first-order valence-corrected chi connectivity index (χ1v) is 6.37. The van der Waals surface area contributed by atoms with Gasteiger partial charge in [0.1, 0.15) is 5.76 Å². The molecule has 0 saturated heterocycles. The van der Waals surface area contributed by atoms with Gasteiger partial charge in [0.25, 0.3) is 0 Å². The SMILES string of the molecule is O=C(C=Cc1ccco1)NC1CCCCCC1. The lowest BCUT2D eigenvalue weighted by Gasteiger charge is -2.14. The van der Waals surface area contributed by atoms with Gasteiger partial charge < -0.3 is 9.73 Å². The fourth-order valence-electron chi connectivity index (χ4n) is 2.22. The average molecular weight is 233 g/mol. The molecular formula is C14H19NO2. The second-order valence-corrected chi connectivity index (χ2v) is 4.55. The first-order valence-electron chi connectivity index (χ1n) is 6.37. The number of amides is 1. The van der Waals surface area contributed by atoms with Crippen LogP contribution in [0.4, 0.5) is 0 Å². The maximum absolute atomic E-state index is 11.7. The van der Waals surface area contributed by atoms with Gasteiger partial charge in [-0.3, -0.25) is 4.79 Å². The summed E-state index contributed by atoms with van der Waals surface area (Å²) in [6.07, 6.45) is 12.1. The van der Waals surface area contributed by atoms with Crippen LogP contribution in [0.3, 0.4) is 0 Å². The fourth-order valence-corrected chi connectivity index (χ4v) is 2.22. The molecule has 1 aromatic rings. The van der Waals surface area contributed by atoms with Gasteiger partial charge >= 0.3 is 0 Å². The molecule has 0 spiro atoms. The van der Waals surface area contributed by atoms with Crippen molar-refractivity contribution in [3.05, 3.63) is 30.2 Å². The molecule has 1 fully saturated rings. The van der Waals surface area contributed by atoms with Crippen LogP contribution >= 0.6 is 0 Å². The van der Waals surface area contributed by atoms with E-state index >= 15 is 0 Å². The largest absolute Gasteiger partial charge is 0.465 e. The predicted octanol–water partition coefficient (Wildman–Crippen LogP) is 3.13. The maximum atomic E-state index is 11.7. The van der Waals surface area contributed by atoms with E-state index in [1.54, 1.807) is 18.4 Å². The number of carbonyl (C=O) groups is 1. The van der Waals surface area contributed by atoms with Gasteiger partial charge in [0, 0.05) is 12.1 Å². The van der Waals surface area contributed by atoms with E-state index in [1.165, 1.54) is 25.7 Å². The summed E-state index contributed by atoms with van der Waals surface area (Å²) in [5.74, 6) is 0.689. The minimum absolute atomic E-state index is 0.0201. The van der Waals surface area contributed by atoms with Crippen LogP contribution < -0.4 is 5.32 Å². The molecule has 0 atom stereocenters. The Bertz CT molecular complexity index is 360. The van der Waals surface area contributed by atoms with E-state index in [0.717, 1.165) is 12.8 Å². The van der Waals surface area contributed by atoms with Crippen molar-refractivity contribution in [2.75, 3.05) is 0 Å². The van der Waals surface area contributed by atoms with Crippen LogP contribution in [0.15, 0.2) is 28.9 Å². The van der Waals surface area contributed by atoms with E-state index in [0.29, 0.717) is 11.8 Å². The Balaban J connectivity index is 1.80. The van der Waals surface area contributed by atoms with Crippen LogP contribution in [0.2, 0.25) is 0 Å². The number of nitrogens with one attached hydrogen (secondary N) is 1. The van der Waals surface area contributed by atoms with Crippen LogP contribution in [0, 0.1) is 0 Å². The van der Waals surface area contributed by atoms with Crippen LogP contribution in [-0.2, 0) is 4.79 Å². The van der Waals surface area contributed by atoms with Crippen molar-refractivity contribution in [1.82, 2.24) is 5.32 Å². The molecule has 1 aliphatic carbocycles. The minimum atomic E-state index is -0.0201. The van der Waals surface area contributed by atoms with Crippen LogP contribution in [0.1, 0.15) is 44.3 Å². The third kappa shape index (κ3) is 4.10. The van der Waals surface area contributed by atoms with Gasteiger partial charge in [-0.25, -0.2) is 0 Å². The molecule has 0 aromatic carbocycles. The molecule has 17 heavy (non-hydrogen) atoms. The van der Waals surface area contributed by atoms with Crippen LogP contribution in [0.25, 0.3) is 6.08 Å². The highest BCUT2D eigenvalue weighted by Crippen LogP contribution is 2.17. The Morgan fingerprint density at radius 1 is 1.29 bits per heavy atom. The van der Waals surface area contributed by atoms with E-state index in [9.17, 15) is 4.79 Å². The lowest BCUT2D eigenvalue weighted by molar-refractivity contribution is -0.117. The highest BCUT2D eigenvalue weighted by Gasteiger charge is 2.12. The number of carbonyl (C=O) groups excluding carboxylic acids is 1. The molecule has 92 valence electrons. The summed E-state index contributed by atoms with van der Waals surface area (Å²) in [6, 6.07) is 3.99. The number of hydrogen-bond acceptors (Lipinski definition) is 2. The molecule has 0 unspecified atom stereocenters. The Morgan fingerprint density at radius 3 is 2.71 bits per heavy atom. The molecule has 0 bridgehead atoms. The average Bonchev–Trinajstić information content (AvgIpc) is 2.72. The normalized spacial score (nSPS) is 18.1. The highest BCUT2D eigenvalue weighted by atomic mass is 16.3. The molecule has 1 amide bonds. The van der Waals surface area contributed by atoms with Gasteiger partial charge in [0.15, 0.2) is 0 Å². The third-order valence-corrected chi connectivity index (χ3v) is 3.14. The lowest BCUT2D eigenvalue weighted by Crippen LogP contribution is -2.33. The zero-order valence-corrected chi connectivity index (χ0v) is 10.0. The smallest absolute Gasteiger partial charge is 0.244 e. The number of hydrogen-bond donors (Lipinski definition) is 1. The molecule has 1 aliphatic rings. The summed E-state index contributed by atoms with van der Waals surface area (Å²) in [7, 11) is 0. The van der Waals surface area contributed by atoms with E-state index in [4.69, 9.17) is 4.42 Å². The van der Waals surface area contributed by atoms with Gasteiger partial charge in [-0.05, 0) is 31.1 Å². The monoisotopic (exact) mass is 233 g/mol. The quantitative estimate of drug-likeness (QED) is 0.643. The molecule has 1 aromatic heterocycles.